The number of nitrogens with zero attached hydrogens (tertiary/aromatic N) is 1. The molecular weight excluding hydrogens is 326 g/mol. The highest BCUT2D eigenvalue weighted by Crippen LogP contribution is 2.27. The van der Waals surface area contributed by atoms with Crippen molar-refractivity contribution in [1.29, 1.82) is 0 Å². The Labute approximate surface area is 147 Å². The van der Waals surface area contributed by atoms with Crippen LogP contribution in [0.3, 0.4) is 0 Å². The number of hydrogen-bond acceptors (Lipinski definition) is 5. The lowest BCUT2D eigenvalue weighted by atomic mass is 10.1. The fourth-order valence-corrected chi connectivity index (χ4v) is 3.02. The van der Waals surface area contributed by atoms with Crippen molar-refractivity contribution in [3.8, 4) is 0 Å². The minimum Gasteiger partial charge on any atom is -0.383 e. The molecule has 0 aromatic heterocycles. The van der Waals surface area contributed by atoms with Gasteiger partial charge in [-0.25, -0.2) is 0 Å². The third kappa shape index (κ3) is 5.22. The van der Waals surface area contributed by atoms with Crippen LogP contribution in [0.25, 0.3) is 0 Å². The van der Waals surface area contributed by atoms with Gasteiger partial charge in [0.2, 0.25) is 11.8 Å². The van der Waals surface area contributed by atoms with Crippen LogP contribution in [0.5, 0.6) is 0 Å². The second kappa shape index (κ2) is 9.66. The molecule has 2 rings (SSSR count). The van der Waals surface area contributed by atoms with Gasteiger partial charge in [0.25, 0.3) is 0 Å². The number of anilines is 1. The second-order valence-corrected chi connectivity index (χ2v) is 6.52. The number of amides is 2. The Hall–Kier alpha value is -1.57. The second-order valence-electron chi connectivity index (χ2n) is 5.64. The van der Waals surface area contributed by atoms with E-state index in [1.54, 1.807) is 23.8 Å². The maximum absolute atomic E-state index is 12.2. The highest BCUT2D eigenvalue weighted by atomic mass is 32.2. The number of benzene rings is 1. The van der Waals surface area contributed by atoms with Gasteiger partial charge in [-0.05, 0) is 30.5 Å². The zero-order valence-electron chi connectivity index (χ0n) is 14.2. The predicted molar refractivity (Wildman–Crippen MR) is 96.4 cm³/mol. The van der Waals surface area contributed by atoms with Gasteiger partial charge >= 0.3 is 0 Å². The van der Waals surface area contributed by atoms with Crippen LogP contribution in [0.15, 0.2) is 29.2 Å². The quantitative estimate of drug-likeness (QED) is 0.515. The maximum atomic E-state index is 12.2. The molecule has 24 heavy (non-hydrogen) atoms. The fourth-order valence-electron chi connectivity index (χ4n) is 2.61. The van der Waals surface area contributed by atoms with Crippen LogP contribution in [0.1, 0.15) is 6.42 Å². The number of thioether (sulfide) groups is 1. The summed E-state index contributed by atoms with van der Waals surface area (Å²) in [6, 6.07) is 7.85. The van der Waals surface area contributed by atoms with E-state index in [4.69, 9.17) is 4.74 Å². The molecule has 1 heterocycles. The first-order valence-corrected chi connectivity index (χ1v) is 9.30. The van der Waals surface area contributed by atoms with E-state index in [-0.39, 0.29) is 24.2 Å². The molecule has 0 saturated carbocycles. The molecule has 1 saturated heterocycles. The molecule has 0 radical (unpaired) electrons. The summed E-state index contributed by atoms with van der Waals surface area (Å²) in [6.07, 6.45) is 2.29. The molecule has 0 bridgehead atoms. The number of carbonyl (C=O) groups excluding carboxylic acids is 2. The summed E-state index contributed by atoms with van der Waals surface area (Å²) in [6.45, 7) is 3.09. The van der Waals surface area contributed by atoms with Gasteiger partial charge in [-0.1, -0.05) is 0 Å². The van der Waals surface area contributed by atoms with Crippen molar-refractivity contribution < 1.29 is 14.3 Å². The van der Waals surface area contributed by atoms with Crippen molar-refractivity contribution in [1.82, 2.24) is 10.6 Å². The van der Waals surface area contributed by atoms with Crippen LogP contribution in [-0.2, 0) is 14.3 Å². The summed E-state index contributed by atoms with van der Waals surface area (Å²) < 4.78 is 4.94. The van der Waals surface area contributed by atoms with Crippen LogP contribution >= 0.6 is 11.8 Å². The van der Waals surface area contributed by atoms with E-state index in [2.05, 4.69) is 10.6 Å². The molecule has 2 N–H and O–H groups in total. The lowest BCUT2D eigenvalue weighted by Gasteiger charge is -2.17. The summed E-state index contributed by atoms with van der Waals surface area (Å²) in [7, 11) is 1.65. The van der Waals surface area contributed by atoms with E-state index >= 15 is 0 Å². The first-order chi connectivity index (χ1) is 11.7. The molecule has 7 heteroatoms. The standard InChI is InChI=1S/C17H25N3O3S/c1-23-10-9-18-7-8-19-17(22)13-11-16(21)20(12-13)14-3-5-15(24-2)6-4-14/h3-6,13,18H,7-12H2,1-2H3,(H,19,22). The molecule has 6 nitrogen and oxygen atoms in total. The number of methoxy groups -OCH3 is 1. The van der Waals surface area contributed by atoms with Gasteiger partial charge in [-0.2, -0.15) is 0 Å². The molecule has 0 aliphatic carbocycles. The Kier molecular flexibility index (Phi) is 7.55. The van der Waals surface area contributed by atoms with Gasteiger partial charge in [0.15, 0.2) is 0 Å². The number of hydrogen-bond donors (Lipinski definition) is 2. The van der Waals surface area contributed by atoms with Gasteiger partial charge in [-0.3, -0.25) is 9.59 Å². The summed E-state index contributed by atoms with van der Waals surface area (Å²) in [5.74, 6) is -0.331. The molecule has 1 aromatic rings. The average molecular weight is 351 g/mol. The van der Waals surface area contributed by atoms with E-state index in [0.717, 1.165) is 17.1 Å². The summed E-state index contributed by atoms with van der Waals surface area (Å²) in [4.78, 5) is 27.3. The van der Waals surface area contributed by atoms with Crippen LogP contribution in [-0.4, -0.2) is 58.0 Å². The molecule has 1 fully saturated rings. The molecule has 0 spiro atoms. The Morgan fingerprint density at radius 1 is 1.29 bits per heavy atom. The van der Waals surface area contributed by atoms with Crippen LogP contribution < -0.4 is 15.5 Å². The van der Waals surface area contributed by atoms with Crippen LogP contribution in [0.2, 0.25) is 0 Å². The van der Waals surface area contributed by atoms with Crippen molar-refractivity contribution in [2.45, 2.75) is 11.3 Å². The predicted octanol–water partition coefficient (Wildman–Crippen LogP) is 1.11. The Bertz CT molecular complexity index is 551. The number of carbonyl (C=O) groups is 2. The molecule has 132 valence electrons. The first kappa shape index (κ1) is 18.8. The number of ether oxygens (including phenoxy) is 1. The Balaban J connectivity index is 1.79. The van der Waals surface area contributed by atoms with Gasteiger partial charge < -0.3 is 20.3 Å². The SMILES string of the molecule is COCCNCCNC(=O)C1CC(=O)N(c2ccc(SC)cc2)C1. The molecule has 1 aliphatic rings. The highest BCUT2D eigenvalue weighted by molar-refractivity contribution is 7.98. The number of nitrogens with one attached hydrogen (secondary N) is 2. The minimum absolute atomic E-state index is 0.00488. The third-order valence-corrected chi connectivity index (χ3v) is 4.71. The fraction of sp³-hybridized carbons (Fsp3) is 0.529. The van der Waals surface area contributed by atoms with E-state index < -0.39 is 0 Å². The largest absolute Gasteiger partial charge is 0.383 e. The van der Waals surface area contributed by atoms with Crippen LogP contribution in [0, 0.1) is 5.92 Å². The monoisotopic (exact) mass is 351 g/mol. The van der Waals surface area contributed by atoms with Crippen molar-refractivity contribution >= 4 is 29.3 Å². The molecule has 1 aromatic carbocycles. The van der Waals surface area contributed by atoms with Gasteiger partial charge in [0.05, 0.1) is 12.5 Å². The van der Waals surface area contributed by atoms with E-state index in [1.807, 2.05) is 30.5 Å². The molecular formula is C17H25N3O3S. The van der Waals surface area contributed by atoms with Crippen LogP contribution in [0.4, 0.5) is 5.69 Å². The lowest BCUT2D eigenvalue weighted by Crippen LogP contribution is -2.37. The normalized spacial score (nSPS) is 17.3. The van der Waals surface area contributed by atoms with E-state index in [1.165, 1.54) is 0 Å². The Morgan fingerprint density at radius 2 is 2.04 bits per heavy atom. The van der Waals surface area contributed by atoms with Gasteiger partial charge in [0.1, 0.15) is 0 Å². The molecule has 1 atom stereocenters. The van der Waals surface area contributed by atoms with Crippen molar-refractivity contribution in [2.24, 2.45) is 5.92 Å². The van der Waals surface area contributed by atoms with Gasteiger partial charge in [0, 0.05) is 50.3 Å². The molecule has 2 amide bonds. The number of rotatable bonds is 9. The first-order valence-electron chi connectivity index (χ1n) is 8.07. The lowest BCUT2D eigenvalue weighted by molar-refractivity contribution is -0.126. The average Bonchev–Trinajstić information content (AvgIpc) is 3.00. The van der Waals surface area contributed by atoms with Crippen molar-refractivity contribution in [3.05, 3.63) is 24.3 Å². The maximum Gasteiger partial charge on any atom is 0.227 e. The minimum atomic E-state index is -0.281. The summed E-state index contributed by atoms with van der Waals surface area (Å²) in [5.41, 5.74) is 0.856. The smallest absolute Gasteiger partial charge is 0.227 e. The highest BCUT2D eigenvalue weighted by Gasteiger charge is 2.34. The summed E-state index contributed by atoms with van der Waals surface area (Å²) in [5, 5.41) is 6.06. The van der Waals surface area contributed by atoms with Crippen molar-refractivity contribution in [2.75, 3.05) is 51.1 Å². The zero-order chi connectivity index (χ0) is 17.4. The zero-order valence-corrected chi connectivity index (χ0v) is 15.0. The third-order valence-electron chi connectivity index (χ3n) is 3.96. The summed E-state index contributed by atoms with van der Waals surface area (Å²) >= 11 is 1.66. The van der Waals surface area contributed by atoms with Crippen molar-refractivity contribution in [3.63, 3.8) is 0 Å². The molecule has 1 unspecified atom stereocenters. The topological polar surface area (TPSA) is 70.7 Å². The Morgan fingerprint density at radius 3 is 2.71 bits per heavy atom. The van der Waals surface area contributed by atoms with Gasteiger partial charge in [-0.15, -0.1) is 11.8 Å². The molecule has 1 aliphatic heterocycles. The van der Waals surface area contributed by atoms with E-state index in [0.29, 0.717) is 26.2 Å². The van der Waals surface area contributed by atoms with E-state index in [9.17, 15) is 9.59 Å².